The van der Waals surface area contributed by atoms with Gasteiger partial charge in [-0.3, -0.25) is 9.78 Å². The number of aromatic nitrogens is 1. The van der Waals surface area contributed by atoms with Crippen LogP contribution in [0.15, 0.2) is 42.6 Å². The summed E-state index contributed by atoms with van der Waals surface area (Å²) >= 11 is 1.70. The van der Waals surface area contributed by atoms with Gasteiger partial charge in [-0.25, -0.2) is 0 Å². The molecule has 1 heterocycles. The Labute approximate surface area is 141 Å². The molecule has 1 aromatic carbocycles. The number of thioether (sulfide) groups is 1. The molecule has 0 fully saturated rings. The summed E-state index contributed by atoms with van der Waals surface area (Å²) in [5, 5.41) is 2.84. The zero-order valence-corrected chi connectivity index (χ0v) is 14.4. The van der Waals surface area contributed by atoms with Gasteiger partial charge in [0.15, 0.2) is 0 Å². The van der Waals surface area contributed by atoms with Crippen LogP contribution in [0.5, 0.6) is 5.75 Å². The highest BCUT2D eigenvalue weighted by molar-refractivity contribution is 7.98. The van der Waals surface area contributed by atoms with Crippen molar-refractivity contribution in [2.24, 2.45) is 0 Å². The molecule has 0 spiro atoms. The van der Waals surface area contributed by atoms with Crippen molar-refractivity contribution in [3.05, 3.63) is 59.4 Å². The van der Waals surface area contributed by atoms with Crippen molar-refractivity contribution < 1.29 is 9.53 Å². The van der Waals surface area contributed by atoms with E-state index in [9.17, 15) is 4.79 Å². The van der Waals surface area contributed by atoms with Gasteiger partial charge < -0.3 is 10.1 Å². The number of benzene rings is 1. The minimum Gasteiger partial charge on any atom is -0.489 e. The first kappa shape index (κ1) is 17.3. The minimum atomic E-state index is -0.137. The molecule has 1 aromatic heterocycles. The predicted molar refractivity (Wildman–Crippen MR) is 95.1 cm³/mol. The third kappa shape index (κ3) is 5.60. The molecule has 0 bridgehead atoms. The molecule has 1 N–H and O–H groups in total. The van der Waals surface area contributed by atoms with Crippen molar-refractivity contribution in [1.29, 1.82) is 0 Å². The lowest BCUT2D eigenvalue weighted by Gasteiger charge is -2.08. The Balaban J connectivity index is 1.88. The number of nitrogens with one attached hydrogen (secondary N) is 1. The first-order valence-corrected chi connectivity index (χ1v) is 9.06. The van der Waals surface area contributed by atoms with Crippen molar-refractivity contribution in [2.45, 2.75) is 20.0 Å². The van der Waals surface area contributed by atoms with Crippen LogP contribution in [0.4, 0.5) is 0 Å². The lowest BCUT2D eigenvalue weighted by atomic mass is 10.2. The van der Waals surface area contributed by atoms with Crippen LogP contribution >= 0.6 is 11.8 Å². The summed E-state index contributed by atoms with van der Waals surface area (Å²) in [4.78, 5) is 16.1. The van der Waals surface area contributed by atoms with Gasteiger partial charge in [0.2, 0.25) is 0 Å². The van der Waals surface area contributed by atoms with E-state index in [0.717, 1.165) is 23.5 Å². The lowest BCUT2D eigenvalue weighted by molar-refractivity contribution is 0.0951. The topological polar surface area (TPSA) is 51.2 Å². The SMILES string of the molecule is CCc1cccc(OCc2ccc(C(=O)NCCSC)nc2)c1. The largest absolute Gasteiger partial charge is 0.489 e. The second-order valence-electron chi connectivity index (χ2n) is 5.09. The molecule has 0 unspecified atom stereocenters. The van der Waals surface area contributed by atoms with Crippen LogP contribution in [0.2, 0.25) is 0 Å². The second-order valence-corrected chi connectivity index (χ2v) is 6.08. The Hall–Kier alpha value is -2.01. The van der Waals surface area contributed by atoms with Gasteiger partial charge in [0.05, 0.1) is 0 Å². The number of hydrogen-bond donors (Lipinski definition) is 1. The lowest BCUT2D eigenvalue weighted by Crippen LogP contribution is -2.26. The van der Waals surface area contributed by atoms with E-state index in [0.29, 0.717) is 18.8 Å². The normalized spacial score (nSPS) is 10.3. The third-order valence-corrected chi connectivity index (χ3v) is 3.97. The summed E-state index contributed by atoms with van der Waals surface area (Å²) in [7, 11) is 0. The molecule has 2 rings (SSSR count). The molecule has 4 nitrogen and oxygen atoms in total. The Morgan fingerprint density at radius 2 is 2.13 bits per heavy atom. The Bertz CT molecular complexity index is 629. The number of amides is 1. The standard InChI is InChI=1S/C18H22N2O2S/c1-3-14-5-4-6-16(11-14)22-13-15-7-8-17(20-12-15)18(21)19-9-10-23-2/h4-8,11-12H,3,9-10,13H2,1-2H3,(H,19,21). The molecule has 0 aliphatic carbocycles. The van der Waals surface area contributed by atoms with Crippen molar-refractivity contribution in [3.8, 4) is 5.75 Å². The van der Waals surface area contributed by atoms with E-state index >= 15 is 0 Å². The maximum Gasteiger partial charge on any atom is 0.269 e. The summed E-state index contributed by atoms with van der Waals surface area (Å²) in [6, 6.07) is 11.7. The molecule has 5 heteroatoms. The highest BCUT2D eigenvalue weighted by Gasteiger charge is 2.06. The Morgan fingerprint density at radius 1 is 1.26 bits per heavy atom. The fraction of sp³-hybridized carbons (Fsp3) is 0.333. The zero-order chi connectivity index (χ0) is 16.5. The molecule has 0 saturated carbocycles. The van der Waals surface area contributed by atoms with E-state index in [-0.39, 0.29) is 5.91 Å². The Kier molecular flexibility index (Phi) is 6.94. The molecule has 1 amide bonds. The number of carbonyl (C=O) groups is 1. The van der Waals surface area contributed by atoms with Crippen LogP contribution in [0, 0.1) is 0 Å². The second kappa shape index (κ2) is 9.20. The van der Waals surface area contributed by atoms with E-state index in [1.54, 1.807) is 24.0 Å². The summed E-state index contributed by atoms with van der Waals surface area (Å²) < 4.78 is 5.77. The quantitative estimate of drug-likeness (QED) is 0.755. The highest BCUT2D eigenvalue weighted by atomic mass is 32.2. The zero-order valence-electron chi connectivity index (χ0n) is 13.5. The van der Waals surface area contributed by atoms with Crippen LogP contribution in [0.3, 0.4) is 0 Å². The molecular weight excluding hydrogens is 308 g/mol. The number of ether oxygens (including phenoxy) is 1. The third-order valence-electron chi connectivity index (χ3n) is 3.36. The number of rotatable bonds is 8. The highest BCUT2D eigenvalue weighted by Crippen LogP contribution is 2.15. The van der Waals surface area contributed by atoms with E-state index in [4.69, 9.17) is 4.74 Å². The fourth-order valence-corrected chi connectivity index (χ4v) is 2.33. The molecule has 0 atom stereocenters. The van der Waals surface area contributed by atoms with Crippen molar-refractivity contribution in [2.75, 3.05) is 18.6 Å². The molecule has 122 valence electrons. The van der Waals surface area contributed by atoms with Crippen LogP contribution < -0.4 is 10.1 Å². The smallest absolute Gasteiger partial charge is 0.269 e. The molecule has 23 heavy (non-hydrogen) atoms. The van der Waals surface area contributed by atoms with Gasteiger partial charge >= 0.3 is 0 Å². The maximum absolute atomic E-state index is 11.9. The van der Waals surface area contributed by atoms with Gasteiger partial charge in [0.1, 0.15) is 18.1 Å². The van der Waals surface area contributed by atoms with Crippen LogP contribution in [0.1, 0.15) is 28.5 Å². The maximum atomic E-state index is 11.9. The number of hydrogen-bond acceptors (Lipinski definition) is 4. The average molecular weight is 330 g/mol. The Morgan fingerprint density at radius 3 is 2.83 bits per heavy atom. The summed E-state index contributed by atoms with van der Waals surface area (Å²) in [6.45, 7) is 3.21. The minimum absolute atomic E-state index is 0.137. The van der Waals surface area contributed by atoms with Crippen LogP contribution in [-0.4, -0.2) is 29.4 Å². The van der Waals surface area contributed by atoms with E-state index in [1.807, 2.05) is 30.5 Å². The van der Waals surface area contributed by atoms with Crippen molar-refractivity contribution in [1.82, 2.24) is 10.3 Å². The number of aryl methyl sites for hydroxylation is 1. The first-order valence-electron chi connectivity index (χ1n) is 7.66. The van der Waals surface area contributed by atoms with Crippen LogP contribution in [-0.2, 0) is 13.0 Å². The average Bonchev–Trinajstić information content (AvgIpc) is 2.60. The van der Waals surface area contributed by atoms with E-state index in [2.05, 4.69) is 23.3 Å². The van der Waals surface area contributed by atoms with Gasteiger partial charge in [-0.2, -0.15) is 11.8 Å². The van der Waals surface area contributed by atoms with Gasteiger partial charge in [0, 0.05) is 24.1 Å². The monoisotopic (exact) mass is 330 g/mol. The molecule has 2 aromatic rings. The van der Waals surface area contributed by atoms with Crippen molar-refractivity contribution >= 4 is 17.7 Å². The molecule has 0 radical (unpaired) electrons. The number of pyridine rings is 1. The number of nitrogens with zero attached hydrogens (tertiary/aromatic N) is 1. The van der Waals surface area contributed by atoms with Gasteiger partial charge in [-0.1, -0.05) is 25.1 Å². The van der Waals surface area contributed by atoms with E-state index in [1.165, 1.54) is 5.56 Å². The fourth-order valence-electron chi connectivity index (χ4n) is 2.02. The molecular formula is C18H22N2O2S. The summed E-state index contributed by atoms with van der Waals surface area (Å²) in [5.41, 5.74) is 2.62. The van der Waals surface area contributed by atoms with Crippen LogP contribution in [0.25, 0.3) is 0 Å². The first-order chi connectivity index (χ1) is 11.2. The number of carbonyl (C=O) groups excluding carboxylic acids is 1. The van der Waals surface area contributed by atoms with Gasteiger partial charge in [-0.05, 0) is 36.4 Å². The summed E-state index contributed by atoms with van der Waals surface area (Å²) in [6.07, 6.45) is 4.68. The van der Waals surface area contributed by atoms with Gasteiger partial charge in [-0.15, -0.1) is 0 Å². The molecule has 0 aliphatic heterocycles. The van der Waals surface area contributed by atoms with Crippen molar-refractivity contribution in [3.63, 3.8) is 0 Å². The summed E-state index contributed by atoms with van der Waals surface area (Å²) in [5.74, 6) is 1.61. The predicted octanol–water partition coefficient (Wildman–Crippen LogP) is 3.32. The van der Waals surface area contributed by atoms with E-state index < -0.39 is 0 Å². The van der Waals surface area contributed by atoms with Gasteiger partial charge in [0.25, 0.3) is 5.91 Å². The molecule has 0 aliphatic rings. The molecule has 0 saturated heterocycles.